The Morgan fingerprint density at radius 2 is 1.94 bits per heavy atom. The lowest BCUT2D eigenvalue weighted by Gasteiger charge is -2.23. The zero-order valence-corrected chi connectivity index (χ0v) is 18.4. The summed E-state index contributed by atoms with van der Waals surface area (Å²) in [5.74, 6) is -0.380. The first kappa shape index (κ1) is 21.7. The number of carbonyl (C=O) groups is 1. The van der Waals surface area contributed by atoms with Gasteiger partial charge in [0.05, 0.1) is 17.8 Å². The van der Waals surface area contributed by atoms with Crippen molar-refractivity contribution in [3.63, 3.8) is 0 Å². The van der Waals surface area contributed by atoms with E-state index >= 15 is 0 Å². The number of halogens is 1. The zero-order valence-electron chi connectivity index (χ0n) is 16.8. The number of benzene rings is 2. The van der Waals surface area contributed by atoms with Crippen LogP contribution >= 0.6 is 11.6 Å². The second-order valence-corrected chi connectivity index (χ2v) is 8.81. The highest BCUT2D eigenvalue weighted by Crippen LogP contribution is 2.22. The lowest BCUT2D eigenvalue weighted by Crippen LogP contribution is -2.31. The van der Waals surface area contributed by atoms with Gasteiger partial charge in [-0.2, -0.15) is 13.4 Å². The van der Waals surface area contributed by atoms with Gasteiger partial charge < -0.3 is 9.26 Å². The van der Waals surface area contributed by atoms with E-state index in [1.54, 1.807) is 48.5 Å². The highest BCUT2D eigenvalue weighted by atomic mass is 35.5. The fourth-order valence-corrected chi connectivity index (χ4v) is 4.22. The van der Waals surface area contributed by atoms with E-state index in [4.69, 9.17) is 20.9 Å². The van der Waals surface area contributed by atoms with Crippen molar-refractivity contribution >= 4 is 33.5 Å². The van der Waals surface area contributed by atoms with Gasteiger partial charge in [-0.15, -0.1) is 4.40 Å². The molecular formula is C21H17ClN4O5S. The van der Waals surface area contributed by atoms with Gasteiger partial charge in [0.1, 0.15) is 0 Å². The molecule has 0 atom stereocenters. The summed E-state index contributed by atoms with van der Waals surface area (Å²) in [6, 6.07) is 15.8. The minimum atomic E-state index is -3.95. The van der Waals surface area contributed by atoms with E-state index in [9.17, 15) is 13.2 Å². The maximum Gasteiger partial charge on any atom is 0.344 e. The van der Waals surface area contributed by atoms with E-state index in [0.29, 0.717) is 10.6 Å². The zero-order chi connectivity index (χ0) is 22.7. The minimum absolute atomic E-state index is 0.0225. The van der Waals surface area contributed by atoms with Crippen LogP contribution in [0.25, 0.3) is 11.5 Å². The Kier molecular flexibility index (Phi) is 6.06. The van der Waals surface area contributed by atoms with Crippen LogP contribution in [0.15, 0.2) is 75.3 Å². The first-order chi connectivity index (χ1) is 15.3. The summed E-state index contributed by atoms with van der Waals surface area (Å²) in [7, 11) is -3.95. The first-order valence-electron chi connectivity index (χ1n) is 9.42. The Labute approximate surface area is 189 Å². The Bertz CT molecular complexity index is 1320. The van der Waals surface area contributed by atoms with Crippen molar-refractivity contribution in [2.45, 2.75) is 20.1 Å². The van der Waals surface area contributed by atoms with Crippen molar-refractivity contribution in [1.29, 1.82) is 0 Å². The molecule has 11 heteroatoms. The third kappa shape index (κ3) is 4.87. The number of nitrogens with zero attached hydrogens (tertiary/aromatic N) is 4. The molecule has 0 radical (unpaired) electrons. The molecule has 0 bridgehead atoms. The van der Waals surface area contributed by atoms with Crippen molar-refractivity contribution in [3.8, 4) is 11.5 Å². The van der Waals surface area contributed by atoms with Gasteiger partial charge in [-0.25, -0.2) is 4.79 Å². The first-order valence-corrected chi connectivity index (χ1v) is 11.2. The second-order valence-electron chi connectivity index (χ2n) is 6.83. The summed E-state index contributed by atoms with van der Waals surface area (Å²) in [4.78, 5) is 16.8. The van der Waals surface area contributed by atoms with Crippen molar-refractivity contribution in [3.05, 3.63) is 82.8 Å². The lowest BCUT2D eigenvalue weighted by atomic mass is 10.2. The molecule has 1 aliphatic heterocycles. The molecule has 32 heavy (non-hydrogen) atoms. The summed E-state index contributed by atoms with van der Waals surface area (Å²) in [6.07, 6.45) is 1.22. The predicted molar refractivity (Wildman–Crippen MR) is 117 cm³/mol. The maximum absolute atomic E-state index is 12.6. The van der Waals surface area contributed by atoms with E-state index in [0.717, 1.165) is 9.87 Å². The Balaban J connectivity index is 1.47. The van der Waals surface area contributed by atoms with Crippen LogP contribution in [0.4, 0.5) is 0 Å². The van der Waals surface area contributed by atoms with Crippen molar-refractivity contribution in [1.82, 2.24) is 14.4 Å². The number of aromatic nitrogens is 2. The minimum Gasteiger partial charge on any atom is -0.454 e. The van der Waals surface area contributed by atoms with Crippen molar-refractivity contribution in [2.75, 3.05) is 0 Å². The molecule has 2 aromatic carbocycles. The van der Waals surface area contributed by atoms with Crippen LogP contribution in [-0.2, 0) is 32.9 Å². The number of hydrogen-bond donors (Lipinski definition) is 0. The number of carbonyl (C=O) groups excluding carboxylic acids is 1. The van der Waals surface area contributed by atoms with Gasteiger partial charge in [-0.05, 0) is 30.7 Å². The SMILES string of the molecule is CC1=NS(=O)(=O)N(Cc2ccccc2)C=C1C(=O)OCc1noc(-c2cccc(Cl)c2)n1. The van der Waals surface area contributed by atoms with E-state index in [1.165, 1.54) is 13.1 Å². The van der Waals surface area contributed by atoms with Crippen LogP contribution in [0.2, 0.25) is 5.02 Å². The van der Waals surface area contributed by atoms with Gasteiger partial charge in [-0.3, -0.25) is 4.31 Å². The summed E-state index contributed by atoms with van der Waals surface area (Å²) in [5, 5.41) is 4.31. The van der Waals surface area contributed by atoms with Gasteiger partial charge in [0.2, 0.25) is 5.82 Å². The van der Waals surface area contributed by atoms with Crippen LogP contribution in [0.1, 0.15) is 18.3 Å². The standard InChI is InChI=1S/C21H17ClN4O5S/c1-14-18(12-26(32(28,29)25-14)11-15-6-3-2-4-7-15)21(27)30-13-19-23-20(31-24-19)16-8-5-9-17(22)10-16/h2-10,12H,11,13H2,1H3. The Morgan fingerprint density at radius 1 is 1.16 bits per heavy atom. The molecule has 2 heterocycles. The van der Waals surface area contributed by atoms with Crippen LogP contribution < -0.4 is 0 Å². The fraction of sp³-hybridized carbons (Fsp3) is 0.143. The second kappa shape index (κ2) is 8.93. The van der Waals surface area contributed by atoms with Gasteiger partial charge in [0, 0.05) is 16.8 Å². The monoisotopic (exact) mass is 472 g/mol. The van der Waals surface area contributed by atoms with E-state index in [2.05, 4.69) is 14.5 Å². The van der Waals surface area contributed by atoms with Gasteiger partial charge in [0.15, 0.2) is 6.61 Å². The van der Waals surface area contributed by atoms with E-state index in [-0.39, 0.29) is 36.2 Å². The molecule has 0 saturated heterocycles. The molecule has 9 nitrogen and oxygen atoms in total. The molecule has 0 amide bonds. The number of rotatable bonds is 6. The maximum atomic E-state index is 12.6. The molecule has 0 spiro atoms. The van der Waals surface area contributed by atoms with Crippen LogP contribution in [0.5, 0.6) is 0 Å². The summed E-state index contributed by atoms with van der Waals surface area (Å²) < 4.78 is 39.9. The number of esters is 1. The summed E-state index contributed by atoms with van der Waals surface area (Å²) >= 11 is 5.96. The molecule has 164 valence electrons. The highest BCUT2D eigenvalue weighted by molar-refractivity contribution is 7.88. The van der Waals surface area contributed by atoms with Crippen LogP contribution in [0, 0.1) is 0 Å². The highest BCUT2D eigenvalue weighted by Gasteiger charge is 2.29. The largest absolute Gasteiger partial charge is 0.454 e. The lowest BCUT2D eigenvalue weighted by molar-refractivity contribution is -0.140. The van der Waals surface area contributed by atoms with E-state index < -0.39 is 16.2 Å². The normalized spacial score (nSPS) is 15.1. The molecule has 0 unspecified atom stereocenters. The Morgan fingerprint density at radius 3 is 2.69 bits per heavy atom. The van der Waals surface area contributed by atoms with Gasteiger partial charge in [0.25, 0.3) is 5.89 Å². The summed E-state index contributed by atoms with van der Waals surface area (Å²) in [6.45, 7) is 1.19. The molecular weight excluding hydrogens is 456 g/mol. The Hall–Kier alpha value is -3.50. The molecule has 0 N–H and O–H groups in total. The number of hydrogen-bond acceptors (Lipinski definition) is 7. The van der Waals surface area contributed by atoms with Crippen molar-refractivity contribution < 1.29 is 22.5 Å². The molecule has 1 aliphatic rings. The smallest absolute Gasteiger partial charge is 0.344 e. The van der Waals surface area contributed by atoms with Gasteiger partial charge >= 0.3 is 16.2 Å². The predicted octanol–water partition coefficient (Wildman–Crippen LogP) is 3.54. The fourth-order valence-electron chi connectivity index (χ4n) is 2.93. The average Bonchev–Trinajstić information content (AvgIpc) is 3.23. The van der Waals surface area contributed by atoms with Gasteiger partial charge in [-0.1, -0.05) is 53.2 Å². The molecule has 0 aliphatic carbocycles. The third-order valence-electron chi connectivity index (χ3n) is 4.48. The van der Waals surface area contributed by atoms with Crippen molar-refractivity contribution in [2.24, 2.45) is 4.40 Å². The summed E-state index contributed by atoms with van der Waals surface area (Å²) in [5.41, 5.74) is 1.43. The van der Waals surface area contributed by atoms with Crippen LogP contribution in [0.3, 0.4) is 0 Å². The average molecular weight is 473 g/mol. The molecule has 3 aromatic rings. The third-order valence-corrected chi connectivity index (χ3v) is 6.05. The molecule has 1 aromatic heterocycles. The quantitative estimate of drug-likeness (QED) is 0.504. The topological polar surface area (TPSA) is 115 Å². The number of ether oxygens (including phenoxy) is 1. The molecule has 4 rings (SSSR count). The molecule has 0 fully saturated rings. The molecule has 0 saturated carbocycles. The van der Waals surface area contributed by atoms with Crippen LogP contribution in [-0.4, -0.2) is 34.5 Å². The van der Waals surface area contributed by atoms with E-state index in [1.807, 2.05) is 6.07 Å².